The van der Waals surface area contributed by atoms with Gasteiger partial charge in [-0.25, -0.2) is 0 Å². The molecule has 0 unspecified atom stereocenters. The van der Waals surface area contributed by atoms with E-state index in [-0.39, 0.29) is 10.8 Å². The standard InChI is InChI=1S/C57H54N2/c1-39-14-13-21-51-55(39)50-31-30-49(38-54(50)56(51,2)3)59(46-26-22-41(23-27-46)40-15-7-4-8-16-40)48-29-25-43-33-35-57(53(43)37-48)34-32-42-24-28-47(36-52(42)57)58(44-17-9-5-10-18-44)45-19-11-6-12-20-45/h5-6,9-14,17-31,36-38,40H,4,7-8,15-16,32-35H2,1-3H3/t57-/m1/s1. The molecule has 2 heteroatoms. The van der Waals surface area contributed by atoms with Gasteiger partial charge in [0.2, 0.25) is 0 Å². The fourth-order valence-corrected chi connectivity index (χ4v) is 11.7. The monoisotopic (exact) mass is 766 g/mol. The molecule has 1 atom stereocenters. The third-order valence-corrected chi connectivity index (χ3v) is 14.8. The van der Waals surface area contributed by atoms with Crippen molar-refractivity contribution in [3.05, 3.63) is 202 Å². The van der Waals surface area contributed by atoms with Crippen LogP contribution < -0.4 is 9.80 Å². The van der Waals surface area contributed by atoms with Crippen molar-refractivity contribution in [1.82, 2.24) is 0 Å². The van der Waals surface area contributed by atoms with E-state index in [4.69, 9.17) is 0 Å². The Kier molecular flexibility index (Phi) is 8.70. The molecule has 292 valence electrons. The lowest BCUT2D eigenvalue weighted by molar-refractivity contribution is 0.443. The number of hydrogen-bond acceptors (Lipinski definition) is 2. The third kappa shape index (κ3) is 5.89. The van der Waals surface area contributed by atoms with Crippen LogP contribution in [0.5, 0.6) is 0 Å². The summed E-state index contributed by atoms with van der Waals surface area (Å²) in [7, 11) is 0. The van der Waals surface area contributed by atoms with E-state index >= 15 is 0 Å². The van der Waals surface area contributed by atoms with Gasteiger partial charge in [0.05, 0.1) is 0 Å². The van der Waals surface area contributed by atoms with Crippen LogP contribution in [0.4, 0.5) is 34.1 Å². The number of nitrogens with zero attached hydrogens (tertiary/aromatic N) is 2. The molecule has 4 aliphatic carbocycles. The first-order chi connectivity index (χ1) is 28.9. The zero-order valence-corrected chi connectivity index (χ0v) is 34.8. The van der Waals surface area contributed by atoms with Crippen molar-refractivity contribution in [2.75, 3.05) is 9.80 Å². The van der Waals surface area contributed by atoms with Gasteiger partial charge < -0.3 is 9.80 Å². The van der Waals surface area contributed by atoms with E-state index < -0.39 is 0 Å². The lowest BCUT2D eigenvalue weighted by Crippen LogP contribution is -2.22. The normalized spacial score (nSPS) is 18.6. The highest BCUT2D eigenvalue weighted by Gasteiger charge is 2.45. The van der Waals surface area contributed by atoms with E-state index in [1.54, 1.807) is 0 Å². The van der Waals surface area contributed by atoms with Gasteiger partial charge in [-0.15, -0.1) is 0 Å². The molecule has 0 radical (unpaired) electrons. The first kappa shape index (κ1) is 36.2. The summed E-state index contributed by atoms with van der Waals surface area (Å²) < 4.78 is 0. The second-order valence-electron chi connectivity index (χ2n) is 18.4. The molecule has 7 aromatic carbocycles. The molecule has 59 heavy (non-hydrogen) atoms. The summed E-state index contributed by atoms with van der Waals surface area (Å²) in [5.41, 5.74) is 21.8. The Morgan fingerprint density at radius 2 is 0.966 bits per heavy atom. The maximum atomic E-state index is 2.59. The van der Waals surface area contributed by atoms with Gasteiger partial charge in [0.25, 0.3) is 0 Å². The van der Waals surface area contributed by atoms with Crippen molar-refractivity contribution in [2.45, 2.75) is 95.3 Å². The molecule has 0 N–H and O–H groups in total. The van der Waals surface area contributed by atoms with Crippen LogP contribution in [0.1, 0.15) is 109 Å². The number of hydrogen-bond donors (Lipinski definition) is 0. The molecule has 0 amide bonds. The SMILES string of the molecule is Cc1cccc2c1-c1ccc(N(c3ccc(C4CCCCC4)cc3)c3ccc4c(c3)[C@]3(CCc5ccc(N(c6ccccc6)c6ccccc6)cc53)CC4)cc1C2(C)C. The quantitative estimate of drug-likeness (QED) is 0.159. The number of para-hydroxylation sites is 2. The maximum Gasteiger partial charge on any atom is 0.0465 e. The van der Waals surface area contributed by atoms with E-state index in [0.29, 0.717) is 5.92 Å². The summed E-state index contributed by atoms with van der Waals surface area (Å²) in [5, 5.41) is 0. The smallest absolute Gasteiger partial charge is 0.0465 e. The Bertz CT molecular complexity index is 2640. The van der Waals surface area contributed by atoms with Gasteiger partial charge in [-0.3, -0.25) is 0 Å². The van der Waals surface area contributed by atoms with Crippen LogP contribution in [0.2, 0.25) is 0 Å². The van der Waals surface area contributed by atoms with Gasteiger partial charge in [0.1, 0.15) is 0 Å². The Hall–Kier alpha value is -5.86. The number of rotatable bonds is 7. The minimum absolute atomic E-state index is 0.00859. The predicted octanol–water partition coefficient (Wildman–Crippen LogP) is 15.5. The fourth-order valence-electron chi connectivity index (χ4n) is 11.7. The number of aryl methyl sites for hydroxylation is 3. The van der Waals surface area contributed by atoms with Gasteiger partial charge >= 0.3 is 0 Å². The van der Waals surface area contributed by atoms with Crippen LogP contribution in [-0.4, -0.2) is 0 Å². The van der Waals surface area contributed by atoms with Crippen molar-refractivity contribution in [3.8, 4) is 11.1 Å². The molecule has 2 nitrogen and oxygen atoms in total. The molecule has 0 heterocycles. The molecule has 1 spiro atoms. The molecule has 0 aliphatic heterocycles. The molecule has 1 fully saturated rings. The van der Waals surface area contributed by atoms with E-state index in [9.17, 15) is 0 Å². The minimum Gasteiger partial charge on any atom is -0.310 e. The zero-order chi connectivity index (χ0) is 39.7. The molecule has 4 aliphatic rings. The van der Waals surface area contributed by atoms with Crippen LogP contribution in [0.3, 0.4) is 0 Å². The molecular formula is C57H54N2. The van der Waals surface area contributed by atoms with Gasteiger partial charge in [-0.05, 0) is 180 Å². The Morgan fingerprint density at radius 3 is 1.56 bits per heavy atom. The lowest BCUT2D eigenvalue weighted by atomic mass is 9.76. The fraction of sp³-hybridized carbons (Fsp3) is 0.263. The number of benzene rings is 7. The van der Waals surface area contributed by atoms with Crippen molar-refractivity contribution in [3.63, 3.8) is 0 Å². The predicted molar refractivity (Wildman–Crippen MR) is 248 cm³/mol. The molecule has 0 bridgehead atoms. The average Bonchev–Trinajstić information content (AvgIpc) is 3.92. The highest BCUT2D eigenvalue weighted by atomic mass is 15.1. The van der Waals surface area contributed by atoms with Crippen molar-refractivity contribution in [1.29, 1.82) is 0 Å². The molecule has 0 aromatic heterocycles. The lowest BCUT2D eigenvalue weighted by Gasteiger charge is -2.32. The Balaban J connectivity index is 1.04. The number of anilines is 6. The van der Waals surface area contributed by atoms with E-state index in [2.05, 4.69) is 188 Å². The highest BCUT2D eigenvalue weighted by molar-refractivity contribution is 5.87. The van der Waals surface area contributed by atoms with Crippen LogP contribution >= 0.6 is 0 Å². The summed E-state index contributed by atoms with van der Waals surface area (Å²) in [4.78, 5) is 4.98. The average molecular weight is 767 g/mol. The molecule has 1 saturated carbocycles. The summed E-state index contributed by atoms with van der Waals surface area (Å²) >= 11 is 0. The molecule has 0 saturated heterocycles. The maximum absolute atomic E-state index is 2.59. The Labute approximate surface area is 351 Å². The van der Waals surface area contributed by atoms with Crippen molar-refractivity contribution < 1.29 is 0 Å². The van der Waals surface area contributed by atoms with Crippen molar-refractivity contribution >= 4 is 34.1 Å². The molecule has 7 aromatic rings. The largest absolute Gasteiger partial charge is 0.310 e. The van der Waals surface area contributed by atoms with Crippen LogP contribution in [0.25, 0.3) is 11.1 Å². The first-order valence-corrected chi connectivity index (χ1v) is 22.2. The van der Waals surface area contributed by atoms with Gasteiger partial charge in [0.15, 0.2) is 0 Å². The molecular weight excluding hydrogens is 713 g/mol. The van der Waals surface area contributed by atoms with Gasteiger partial charge in [-0.2, -0.15) is 0 Å². The second-order valence-corrected chi connectivity index (χ2v) is 18.4. The second kappa shape index (κ2) is 14.2. The van der Waals surface area contributed by atoms with Crippen LogP contribution in [-0.2, 0) is 23.7 Å². The molecule has 11 rings (SSSR count). The van der Waals surface area contributed by atoms with Crippen molar-refractivity contribution in [2.24, 2.45) is 0 Å². The van der Waals surface area contributed by atoms with Crippen LogP contribution in [0.15, 0.2) is 158 Å². The first-order valence-electron chi connectivity index (χ1n) is 22.2. The minimum atomic E-state index is -0.0795. The van der Waals surface area contributed by atoms with Gasteiger partial charge in [-0.1, -0.05) is 118 Å². The number of fused-ring (bicyclic) bond motifs is 7. The van der Waals surface area contributed by atoms with E-state index in [1.165, 1.54) is 122 Å². The van der Waals surface area contributed by atoms with E-state index in [0.717, 1.165) is 25.7 Å². The topological polar surface area (TPSA) is 6.48 Å². The zero-order valence-electron chi connectivity index (χ0n) is 34.8. The van der Waals surface area contributed by atoms with Gasteiger partial charge in [0, 0.05) is 45.0 Å². The highest BCUT2D eigenvalue weighted by Crippen LogP contribution is 2.56. The Morgan fingerprint density at radius 1 is 0.458 bits per heavy atom. The summed E-state index contributed by atoms with van der Waals surface area (Å²) in [5.74, 6) is 0.681. The summed E-state index contributed by atoms with van der Waals surface area (Å²) in [6.07, 6.45) is 11.2. The summed E-state index contributed by atoms with van der Waals surface area (Å²) in [6, 6.07) is 60.3. The van der Waals surface area contributed by atoms with Crippen LogP contribution in [0, 0.1) is 6.92 Å². The van der Waals surface area contributed by atoms with E-state index in [1.807, 2.05) is 0 Å². The third-order valence-electron chi connectivity index (χ3n) is 14.8. The summed E-state index contributed by atoms with van der Waals surface area (Å²) in [6.45, 7) is 7.08.